The summed E-state index contributed by atoms with van der Waals surface area (Å²) in [5.74, 6) is 0.776. The van der Waals surface area contributed by atoms with Crippen molar-refractivity contribution in [2.45, 2.75) is 0 Å². The number of methoxy groups -OCH3 is 1. The lowest BCUT2D eigenvalue weighted by molar-refractivity contribution is -0.112. The Labute approximate surface area is 171 Å². The van der Waals surface area contributed by atoms with E-state index < -0.39 is 5.91 Å². The van der Waals surface area contributed by atoms with Gasteiger partial charge in [0.15, 0.2) is 0 Å². The van der Waals surface area contributed by atoms with Crippen molar-refractivity contribution in [3.63, 3.8) is 0 Å². The van der Waals surface area contributed by atoms with Crippen molar-refractivity contribution in [3.05, 3.63) is 76.0 Å². The van der Waals surface area contributed by atoms with Crippen LogP contribution in [0.4, 0.5) is 5.69 Å². The van der Waals surface area contributed by atoms with Gasteiger partial charge in [-0.3, -0.25) is 4.79 Å². The second-order valence-corrected chi connectivity index (χ2v) is 6.56. The van der Waals surface area contributed by atoms with Crippen LogP contribution in [0.2, 0.25) is 10.0 Å². The first-order valence-corrected chi connectivity index (χ1v) is 8.88. The molecule has 0 radical (unpaired) electrons. The van der Waals surface area contributed by atoms with Crippen LogP contribution in [0.25, 0.3) is 17.4 Å². The lowest BCUT2D eigenvalue weighted by Crippen LogP contribution is -2.14. The van der Waals surface area contributed by atoms with E-state index in [0.717, 1.165) is 0 Å². The SMILES string of the molecule is COc1ccccc1NC(=O)/C(C#N)=C/c1ccc(-c2cc(Cl)cc(Cl)c2)o1. The molecule has 0 unspecified atom stereocenters. The van der Waals surface area contributed by atoms with Gasteiger partial charge < -0.3 is 14.5 Å². The standard InChI is InChI=1S/C21H14Cl2N2O3/c1-27-20-5-3-2-4-18(20)25-21(26)14(12-24)10-17-6-7-19(28-17)13-8-15(22)11-16(23)9-13/h2-11H,1H3,(H,25,26)/b14-10+. The molecule has 2 aromatic carbocycles. The number of halogens is 2. The van der Waals surface area contributed by atoms with Crippen LogP contribution in [-0.4, -0.2) is 13.0 Å². The van der Waals surface area contributed by atoms with E-state index in [4.69, 9.17) is 32.4 Å². The first-order valence-electron chi connectivity index (χ1n) is 8.12. The molecule has 28 heavy (non-hydrogen) atoms. The highest BCUT2D eigenvalue weighted by atomic mass is 35.5. The number of nitrogens with one attached hydrogen (secondary N) is 1. The molecule has 3 rings (SSSR count). The van der Waals surface area contributed by atoms with Gasteiger partial charge in [0.1, 0.15) is 28.9 Å². The number of para-hydroxylation sites is 2. The molecule has 1 heterocycles. The second-order valence-electron chi connectivity index (χ2n) is 5.68. The predicted octanol–water partition coefficient (Wildman–Crippen LogP) is 5.81. The topological polar surface area (TPSA) is 75.3 Å². The number of carbonyl (C=O) groups excluding carboxylic acids is 1. The first-order chi connectivity index (χ1) is 13.5. The van der Waals surface area contributed by atoms with Gasteiger partial charge in [-0.2, -0.15) is 5.26 Å². The lowest BCUT2D eigenvalue weighted by Gasteiger charge is -2.08. The van der Waals surface area contributed by atoms with E-state index >= 15 is 0 Å². The van der Waals surface area contributed by atoms with Crippen molar-refractivity contribution in [1.82, 2.24) is 0 Å². The van der Waals surface area contributed by atoms with Gasteiger partial charge in [0.05, 0.1) is 12.8 Å². The van der Waals surface area contributed by atoms with Gasteiger partial charge in [-0.25, -0.2) is 0 Å². The Balaban J connectivity index is 1.84. The van der Waals surface area contributed by atoms with Crippen LogP contribution in [0.5, 0.6) is 5.75 Å². The fourth-order valence-electron chi connectivity index (χ4n) is 2.51. The number of amides is 1. The summed E-state index contributed by atoms with van der Waals surface area (Å²) in [6.45, 7) is 0. The molecule has 0 aliphatic carbocycles. The third-order valence-corrected chi connectivity index (χ3v) is 4.22. The number of anilines is 1. The zero-order valence-electron chi connectivity index (χ0n) is 14.7. The summed E-state index contributed by atoms with van der Waals surface area (Å²) in [7, 11) is 1.50. The molecular formula is C21H14Cl2N2O3. The van der Waals surface area contributed by atoms with Gasteiger partial charge in [0.25, 0.3) is 5.91 Å². The van der Waals surface area contributed by atoms with E-state index in [0.29, 0.717) is 38.6 Å². The van der Waals surface area contributed by atoms with Crippen LogP contribution >= 0.6 is 23.2 Å². The fourth-order valence-corrected chi connectivity index (χ4v) is 3.04. The van der Waals surface area contributed by atoms with Gasteiger partial charge in [-0.15, -0.1) is 0 Å². The smallest absolute Gasteiger partial charge is 0.266 e. The van der Waals surface area contributed by atoms with Gasteiger partial charge in [0, 0.05) is 21.7 Å². The molecule has 0 bridgehead atoms. The Morgan fingerprint density at radius 1 is 1.14 bits per heavy atom. The van der Waals surface area contributed by atoms with Gasteiger partial charge >= 0.3 is 0 Å². The molecule has 7 heteroatoms. The van der Waals surface area contributed by atoms with E-state index in [1.165, 1.54) is 13.2 Å². The summed E-state index contributed by atoms with van der Waals surface area (Å²) in [6, 6.07) is 17.2. The zero-order valence-corrected chi connectivity index (χ0v) is 16.2. The number of hydrogen-bond acceptors (Lipinski definition) is 4. The number of benzene rings is 2. The highest BCUT2D eigenvalue weighted by molar-refractivity contribution is 6.35. The van der Waals surface area contributed by atoms with E-state index in [9.17, 15) is 10.1 Å². The van der Waals surface area contributed by atoms with Crippen molar-refractivity contribution in [2.75, 3.05) is 12.4 Å². The van der Waals surface area contributed by atoms with Crippen molar-refractivity contribution >= 4 is 40.9 Å². The first kappa shape index (κ1) is 19.6. The number of nitriles is 1. The molecule has 0 saturated heterocycles. The van der Waals surface area contributed by atoms with Crippen LogP contribution in [-0.2, 0) is 4.79 Å². The molecule has 3 aromatic rings. The van der Waals surface area contributed by atoms with E-state index in [-0.39, 0.29) is 5.57 Å². The summed E-state index contributed by atoms with van der Waals surface area (Å²) >= 11 is 12.0. The number of furan rings is 1. The molecule has 0 atom stereocenters. The van der Waals surface area contributed by atoms with Crippen LogP contribution < -0.4 is 10.1 Å². The molecule has 140 valence electrons. The molecule has 0 aliphatic heterocycles. The Morgan fingerprint density at radius 3 is 2.54 bits per heavy atom. The maximum atomic E-state index is 12.4. The minimum absolute atomic E-state index is 0.115. The largest absolute Gasteiger partial charge is 0.495 e. The average molecular weight is 413 g/mol. The van der Waals surface area contributed by atoms with Crippen LogP contribution in [0.1, 0.15) is 5.76 Å². The maximum Gasteiger partial charge on any atom is 0.266 e. The monoisotopic (exact) mass is 412 g/mol. The summed E-state index contributed by atoms with van der Waals surface area (Å²) in [6.07, 6.45) is 1.36. The molecule has 0 aliphatic rings. The number of rotatable bonds is 5. The zero-order chi connectivity index (χ0) is 20.1. The molecule has 1 amide bonds. The van der Waals surface area contributed by atoms with Crippen molar-refractivity contribution in [3.8, 4) is 23.1 Å². The minimum Gasteiger partial charge on any atom is -0.495 e. The van der Waals surface area contributed by atoms with Crippen molar-refractivity contribution in [1.29, 1.82) is 5.26 Å². The summed E-state index contributed by atoms with van der Waals surface area (Å²) in [5, 5.41) is 13.0. The molecule has 0 saturated carbocycles. The minimum atomic E-state index is -0.573. The Kier molecular flexibility index (Phi) is 6.05. The molecule has 0 fully saturated rings. The van der Waals surface area contributed by atoms with E-state index in [2.05, 4.69) is 5.32 Å². The Bertz CT molecular complexity index is 1080. The highest BCUT2D eigenvalue weighted by Crippen LogP contribution is 2.29. The van der Waals surface area contributed by atoms with Gasteiger partial charge in [-0.1, -0.05) is 35.3 Å². The average Bonchev–Trinajstić information content (AvgIpc) is 3.14. The third-order valence-electron chi connectivity index (χ3n) is 3.78. The molecule has 1 aromatic heterocycles. The number of nitrogens with zero attached hydrogens (tertiary/aromatic N) is 1. The van der Waals surface area contributed by atoms with Gasteiger partial charge in [-0.05, 0) is 42.5 Å². The normalized spacial score (nSPS) is 11.0. The van der Waals surface area contributed by atoms with Crippen molar-refractivity contribution in [2.24, 2.45) is 0 Å². The number of ether oxygens (including phenoxy) is 1. The second kappa shape index (κ2) is 8.66. The summed E-state index contributed by atoms with van der Waals surface area (Å²) in [4.78, 5) is 12.4. The molecular weight excluding hydrogens is 399 g/mol. The number of carbonyl (C=O) groups is 1. The summed E-state index contributed by atoms with van der Waals surface area (Å²) in [5.41, 5.74) is 1.04. The molecule has 5 nitrogen and oxygen atoms in total. The maximum absolute atomic E-state index is 12.4. The van der Waals surface area contributed by atoms with Gasteiger partial charge in [0.2, 0.25) is 0 Å². The van der Waals surface area contributed by atoms with Crippen LogP contribution in [0.3, 0.4) is 0 Å². The predicted molar refractivity (Wildman–Crippen MR) is 109 cm³/mol. The quantitative estimate of drug-likeness (QED) is 0.423. The third kappa shape index (κ3) is 4.55. The van der Waals surface area contributed by atoms with E-state index in [1.54, 1.807) is 54.6 Å². The van der Waals surface area contributed by atoms with E-state index in [1.807, 2.05) is 6.07 Å². The Hall–Kier alpha value is -3.20. The summed E-state index contributed by atoms with van der Waals surface area (Å²) < 4.78 is 10.9. The highest BCUT2D eigenvalue weighted by Gasteiger charge is 2.14. The fraction of sp³-hybridized carbons (Fsp3) is 0.0476. The molecule has 0 spiro atoms. The Morgan fingerprint density at radius 2 is 1.86 bits per heavy atom. The van der Waals surface area contributed by atoms with Crippen LogP contribution in [0.15, 0.2) is 64.6 Å². The lowest BCUT2D eigenvalue weighted by atomic mass is 10.2. The number of hydrogen-bond donors (Lipinski definition) is 1. The molecule has 1 N–H and O–H groups in total. The van der Waals surface area contributed by atoms with Crippen molar-refractivity contribution < 1.29 is 13.9 Å². The van der Waals surface area contributed by atoms with Crippen LogP contribution in [0, 0.1) is 11.3 Å².